The van der Waals surface area contributed by atoms with E-state index in [1.807, 2.05) is 31.1 Å². The number of carbonyl (C=O) groups is 2. The topological polar surface area (TPSA) is 52.7 Å². The number of halogens is 1. The van der Waals surface area contributed by atoms with Gasteiger partial charge in [0.1, 0.15) is 11.9 Å². The highest BCUT2D eigenvalue weighted by molar-refractivity contribution is 6.04. The molecular weight excluding hydrogens is 321 g/mol. The molecule has 0 aliphatic carbocycles. The molecule has 3 rings (SSSR count). The molecule has 1 saturated heterocycles. The van der Waals surface area contributed by atoms with Gasteiger partial charge in [-0.15, -0.1) is 0 Å². The highest BCUT2D eigenvalue weighted by Crippen LogP contribution is 2.22. The van der Waals surface area contributed by atoms with Crippen molar-refractivity contribution in [2.24, 2.45) is 0 Å². The van der Waals surface area contributed by atoms with Crippen LogP contribution >= 0.6 is 0 Å². The zero-order valence-electron chi connectivity index (χ0n) is 14.2. The lowest BCUT2D eigenvalue weighted by atomic mass is 10.1. The summed E-state index contributed by atoms with van der Waals surface area (Å²) in [5.41, 5.74) is 2.07. The second kappa shape index (κ2) is 6.93. The summed E-state index contributed by atoms with van der Waals surface area (Å²) in [6.45, 7) is 0.493. The van der Waals surface area contributed by atoms with Crippen molar-refractivity contribution in [3.8, 4) is 0 Å². The normalized spacial score (nSPS) is 16.8. The lowest BCUT2D eigenvalue weighted by molar-refractivity contribution is -0.118. The van der Waals surface area contributed by atoms with Crippen molar-refractivity contribution < 1.29 is 14.0 Å². The summed E-state index contributed by atoms with van der Waals surface area (Å²) in [7, 11) is 3.80. The Bertz CT molecular complexity index is 790. The molecular formula is C19H20FN3O2. The summed E-state index contributed by atoms with van der Waals surface area (Å²) >= 11 is 0. The monoisotopic (exact) mass is 341 g/mol. The van der Waals surface area contributed by atoms with Crippen LogP contribution in [-0.2, 0) is 4.79 Å². The molecule has 6 heteroatoms. The minimum Gasteiger partial charge on any atom is -0.378 e. The van der Waals surface area contributed by atoms with E-state index < -0.39 is 6.04 Å². The lowest BCUT2D eigenvalue weighted by Gasteiger charge is -2.18. The van der Waals surface area contributed by atoms with Gasteiger partial charge in [0.15, 0.2) is 0 Å². The fraction of sp³-hybridized carbons (Fsp3) is 0.263. The SMILES string of the molecule is CN(C)c1cccc(C(=O)N[C@@H]2CCN(c3ccc(F)cc3)C2=O)c1. The number of benzene rings is 2. The van der Waals surface area contributed by atoms with Gasteiger partial charge in [0, 0.05) is 37.6 Å². The molecule has 0 aromatic heterocycles. The Hall–Kier alpha value is -2.89. The first-order chi connectivity index (χ1) is 12.0. The molecule has 2 amide bonds. The molecule has 5 nitrogen and oxygen atoms in total. The van der Waals surface area contributed by atoms with Crippen LogP contribution in [0.5, 0.6) is 0 Å². The van der Waals surface area contributed by atoms with E-state index in [0.717, 1.165) is 5.69 Å². The summed E-state index contributed by atoms with van der Waals surface area (Å²) in [6.07, 6.45) is 0.523. The maximum Gasteiger partial charge on any atom is 0.252 e. The van der Waals surface area contributed by atoms with Gasteiger partial charge >= 0.3 is 0 Å². The van der Waals surface area contributed by atoms with E-state index >= 15 is 0 Å². The number of nitrogens with zero attached hydrogens (tertiary/aromatic N) is 2. The van der Waals surface area contributed by atoms with E-state index in [2.05, 4.69) is 5.32 Å². The van der Waals surface area contributed by atoms with Gasteiger partial charge in [-0.1, -0.05) is 6.07 Å². The summed E-state index contributed by atoms with van der Waals surface area (Å²) in [5.74, 6) is -0.798. The molecule has 1 atom stereocenters. The molecule has 1 N–H and O–H groups in total. The third kappa shape index (κ3) is 3.63. The Labute approximate surface area is 146 Å². The third-order valence-corrected chi connectivity index (χ3v) is 4.27. The lowest BCUT2D eigenvalue weighted by Crippen LogP contribution is -2.41. The zero-order chi connectivity index (χ0) is 18.0. The zero-order valence-corrected chi connectivity index (χ0v) is 14.2. The second-order valence-electron chi connectivity index (χ2n) is 6.23. The minimum atomic E-state index is -0.569. The van der Waals surface area contributed by atoms with E-state index in [1.165, 1.54) is 12.1 Å². The van der Waals surface area contributed by atoms with Crippen molar-refractivity contribution in [2.75, 3.05) is 30.4 Å². The van der Waals surface area contributed by atoms with Crippen LogP contribution in [0.3, 0.4) is 0 Å². The van der Waals surface area contributed by atoms with Crippen molar-refractivity contribution in [1.82, 2.24) is 5.32 Å². The van der Waals surface area contributed by atoms with E-state index in [0.29, 0.717) is 24.2 Å². The summed E-state index contributed by atoms with van der Waals surface area (Å²) in [4.78, 5) is 28.5. The molecule has 1 fully saturated rings. The maximum atomic E-state index is 13.0. The molecule has 130 valence electrons. The number of hydrogen-bond donors (Lipinski definition) is 1. The van der Waals surface area contributed by atoms with Gasteiger partial charge in [-0.2, -0.15) is 0 Å². The van der Waals surface area contributed by atoms with Gasteiger partial charge in [0.2, 0.25) is 5.91 Å². The Morgan fingerprint density at radius 2 is 1.92 bits per heavy atom. The predicted molar refractivity (Wildman–Crippen MR) is 95.4 cm³/mol. The van der Waals surface area contributed by atoms with Crippen LogP contribution in [0.4, 0.5) is 15.8 Å². The van der Waals surface area contributed by atoms with Gasteiger partial charge < -0.3 is 15.1 Å². The van der Waals surface area contributed by atoms with E-state index in [4.69, 9.17) is 0 Å². The van der Waals surface area contributed by atoms with E-state index in [1.54, 1.807) is 29.2 Å². The smallest absolute Gasteiger partial charge is 0.252 e. The van der Waals surface area contributed by atoms with Crippen LogP contribution in [0.2, 0.25) is 0 Å². The van der Waals surface area contributed by atoms with Crippen molar-refractivity contribution >= 4 is 23.2 Å². The van der Waals surface area contributed by atoms with Crippen LogP contribution in [0.25, 0.3) is 0 Å². The Kier molecular flexibility index (Phi) is 4.70. The van der Waals surface area contributed by atoms with Crippen molar-refractivity contribution in [3.05, 3.63) is 59.9 Å². The fourth-order valence-electron chi connectivity index (χ4n) is 2.86. The fourth-order valence-corrected chi connectivity index (χ4v) is 2.86. The first kappa shape index (κ1) is 17.0. The van der Waals surface area contributed by atoms with Crippen LogP contribution in [0, 0.1) is 5.82 Å². The Morgan fingerprint density at radius 1 is 1.20 bits per heavy atom. The standard InChI is InChI=1S/C19H20FN3O2/c1-22(2)16-5-3-4-13(12-16)18(24)21-17-10-11-23(19(17)25)15-8-6-14(20)7-9-15/h3-9,12,17H,10-11H2,1-2H3,(H,21,24)/t17-/m1/s1. The molecule has 1 aliphatic heterocycles. The van der Waals surface area contributed by atoms with Gasteiger partial charge in [0.25, 0.3) is 5.91 Å². The highest BCUT2D eigenvalue weighted by Gasteiger charge is 2.33. The molecule has 1 aliphatic rings. The number of hydrogen-bond acceptors (Lipinski definition) is 3. The van der Waals surface area contributed by atoms with Crippen molar-refractivity contribution in [1.29, 1.82) is 0 Å². The highest BCUT2D eigenvalue weighted by atomic mass is 19.1. The van der Waals surface area contributed by atoms with Gasteiger partial charge in [0.05, 0.1) is 0 Å². The first-order valence-electron chi connectivity index (χ1n) is 8.11. The number of anilines is 2. The number of nitrogens with one attached hydrogen (secondary N) is 1. The van der Waals surface area contributed by atoms with Crippen LogP contribution in [0.15, 0.2) is 48.5 Å². The quantitative estimate of drug-likeness (QED) is 0.929. The minimum absolute atomic E-state index is 0.177. The van der Waals surface area contributed by atoms with Gasteiger partial charge in [-0.25, -0.2) is 4.39 Å². The average molecular weight is 341 g/mol. The molecule has 2 aromatic rings. The molecule has 0 unspecified atom stereocenters. The molecule has 0 spiro atoms. The molecule has 0 radical (unpaired) electrons. The third-order valence-electron chi connectivity index (χ3n) is 4.27. The van der Waals surface area contributed by atoms with Crippen LogP contribution in [0.1, 0.15) is 16.8 Å². The van der Waals surface area contributed by atoms with Gasteiger partial charge in [-0.3, -0.25) is 9.59 Å². The average Bonchev–Trinajstić information content (AvgIpc) is 2.96. The van der Waals surface area contributed by atoms with Crippen molar-refractivity contribution in [3.63, 3.8) is 0 Å². The number of carbonyl (C=O) groups excluding carboxylic acids is 2. The van der Waals surface area contributed by atoms with Crippen LogP contribution in [-0.4, -0.2) is 38.5 Å². The second-order valence-corrected chi connectivity index (χ2v) is 6.23. The predicted octanol–water partition coefficient (Wildman–Crippen LogP) is 2.43. The number of amides is 2. The van der Waals surface area contributed by atoms with Crippen LogP contribution < -0.4 is 15.1 Å². The largest absolute Gasteiger partial charge is 0.378 e. The number of rotatable bonds is 4. The van der Waals surface area contributed by atoms with Gasteiger partial charge in [-0.05, 0) is 48.9 Å². The Balaban J connectivity index is 1.69. The summed E-state index contributed by atoms with van der Waals surface area (Å²) in [6, 6.07) is 12.4. The molecule has 25 heavy (non-hydrogen) atoms. The molecule has 0 bridgehead atoms. The maximum absolute atomic E-state index is 13.0. The van der Waals surface area contributed by atoms with Crippen molar-refractivity contribution in [2.45, 2.75) is 12.5 Å². The molecule has 2 aromatic carbocycles. The Morgan fingerprint density at radius 3 is 2.60 bits per heavy atom. The summed E-state index contributed by atoms with van der Waals surface area (Å²) in [5, 5.41) is 2.80. The van der Waals surface area contributed by atoms with E-state index in [9.17, 15) is 14.0 Å². The molecule has 0 saturated carbocycles. The molecule has 1 heterocycles. The van der Waals surface area contributed by atoms with E-state index in [-0.39, 0.29) is 17.6 Å². The summed E-state index contributed by atoms with van der Waals surface area (Å²) < 4.78 is 13.0. The first-order valence-corrected chi connectivity index (χ1v) is 8.11.